The van der Waals surface area contributed by atoms with Gasteiger partial charge in [0.05, 0.1) is 17.4 Å². The molecule has 19 heavy (non-hydrogen) atoms. The number of nitrogens with zero attached hydrogens (tertiary/aromatic N) is 3. The number of hydrogen-bond donors (Lipinski definition) is 1. The number of aliphatic hydroxyl groups excluding tert-OH is 1. The van der Waals surface area contributed by atoms with Gasteiger partial charge in [0.1, 0.15) is 6.61 Å². The van der Waals surface area contributed by atoms with E-state index in [0.29, 0.717) is 6.61 Å². The van der Waals surface area contributed by atoms with Crippen molar-refractivity contribution in [1.82, 2.24) is 14.7 Å². The van der Waals surface area contributed by atoms with Crippen molar-refractivity contribution in [3.63, 3.8) is 0 Å². The fraction of sp³-hybridized carbons (Fsp3) is 0.643. The molecule has 0 saturated carbocycles. The third kappa shape index (κ3) is 4.69. The predicted molar refractivity (Wildman–Crippen MR) is 76.3 cm³/mol. The summed E-state index contributed by atoms with van der Waals surface area (Å²) in [6.07, 6.45) is 2.22. The maximum atomic E-state index is 9.32. The molecule has 0 fully saturated rings. The maximum absolute atomic E-state index is 9.32. The van der Waals surface area contributed by atoms with E-state index in [1.165, 1.54) is 0 Å². The van der Waals surface area contributed by atoms with Gasteiger partial charge in [-0.05, 0) is 27.3 Å². The van der Waals surface area contributed by atoms with Crippen molar-refractivity contribution < 1.29 is 9.84 Å². The van der Waals surface area contributed by atoms with E-state index in [1.54, 1.807) is 10.8 Å². The average Bonchev–Trinajstić information content (AvgIpc) is 2.59. The Kier molecular flexibility index (Phi) is 6.05. The third-order valence-electron chi connectivity index (χ3n) is 2.98. The first-order valence-corrected chi connectivity index (χ1v) is 6.58. The van der Waals surface area contributed by atoms with Crippen LogP contribution in [0.15, 0.2) is 12.7 Å². The molecule has 0 saturated heterocycles. The van der Waals surface area contributed by atoms with Gasteiger partial charge in [0.15, 0.2) is 0 Å². The van der Waals surface area contributed by atoms with Crippen LogP contribution < -0.4 is 4.74 Å². The molecule has 5 heteroatoms. The maximum Gasteiger partial charge on any atom is 0.216 e. The number of aryl methyl sites for hydroxylation is 2. The van der Waals surface area contributed by atoms with E-state index in [9.17, 15) is 5.11 Å². The Morgan fingerprint density at radius 2 is 2.26 bits per heavy atom. The molecule has 0 amide bonds. The molecular formula is C14H25N3O2. The van der Waals surface area contributed by atoms with Crippen LogP contribution in [0.2, 0.25) is 0 Å². The SMILES string of the molecule is C=CCOc1c(CN(C)CCC(C)O)c(C)nn1C. The van der Waals surface area contributed by atoms with E-state index in [1.807, 2.05) is 27.9 Å². The van der Waals surface area contributed by atoms with Crippen LogP contribution >= 0.6 is 0 Å². The minimum absolute atomic E-state index is 0.270. The van der Waals surface area contributed by atoms with Crippen molar-refractivity contribution in [2.24, 2.45) is 7.05 Å². The zero-order chi connectivity index (χ0) is 14.4. The molecule has 1 unspecified atom stereocenters. The molecule has 108 valence electrons. The summed E-state index contributed by atoms with van der Waals surface area (Å²) in [5.41, 5.74) is 2.07. The summed E-state index contributed by atoms with van der Waals surface area (Å²) in [4.78, 5) is 2.16. The average molecular weight is 267 g/mol. The second-order valence-electron chi connectivity index (χ2n) is 4.97. The lowest BCUT2D eigenvalue weighted by molar-refractivity contribution is 0.162. The standard InChI is InChI=1S/C14H25N3O2/c1-6-9-19-14-13(12(3)15-17(14)5)10-16(4)8-7-11(2)18/h6,11,18H,1,7-10H2,2-5H3. The highest BCUT2D eigenvalue weighted by molar-refractivity contribution is 5.31. The summed E-state index contributed by atoms with van der Waals surface area (Å²) in [7, 11) is 3.91. The molecule has 1 atom stereocenters. The van der Waals surface area contributed by atoms with Gasteiger partial charge in [0, 0.05) is 20.1 Å². The predicted octanol–water partition coefficient (Wildman–Crippen LogP) is 1.50. The van der Waals surface area contributed by atoms with Gasteiger partial charge in [-0.1, -0.05) is 12.7 Å². The minimum atomic E-state index is -0.270. The van der Waals surface area contributed by atoms with Crippen LogP contribution in [-0.4, -0.2) is 46.1 Å². The fourth-order valence-electron chi connectivity index (χ4n) is 1.94. The van der Waals surface area contributed by atoms with Crippen LogP contribution in [0.1, 0.15) is 24.6 Å². The Hall–Kier alpha value is -1.33. The Morgan fingerprint density at radius 1 is 1.58 bits per heavy atom. The molecule has 0 spiro atoms. The Bertz CT molecular complexity index is 413. The van der Waals surface area contributed by atoms with Crippen molar-refractivity contribution >= 4 is 0 Å². The molecule has 0 aliphatic rings. The fourth-order valence-corrected chi connectivity index (χ4v) is 1.94. The van der Waals surface area contributed by atoms with E-state index in [4.69, 9.17) is 4.74 Å². The third-order valence-corrected chi connectivity index (χ3v) is 2.98. The van der Waals surface area contributed by atoms with Crippen molar-refractivity contribution in [3.8, 4) is 5.88 Å². The Balaban J connectivity index is 2.72. The quantitative estimate of drug-likeness (QED) is 0.725. The molecule has 5 nitrogen and oxygen atoms in total. The highest BCUT2D eigenvalue weighted by atomic mass is 16.5. The van der Waals surface area contributed by atoms with Gasteiger partial charge in [0.2, 0.25) is 5.88 Å². The lowest BCUT2D eigenvalue weighted by Gasteiger charge is -2.18. The van der Waals surface area contributed by atoms with E-state index < -0.39 is 0 Å². The van der Waals surface area contributed by atoms with Gasteiger partial charge in [-0.3, -0.25) is 0 Å². The van der Waals surface area contributed by atoms with Crippen LogP contribution in [0.25, 0.3) is 0 Å². The van der Waals surface area contributed by atoms with Gasteiger partial charge >= 0.3 is 0 Å². The van der Waals surface area contributed by atoms with Crippen LogP contribution in [-0.2, 0) is 13.6 Å². The second-order valence-corrected chi connectivity index (χ2v) is 4.97. The first kappa shape index (κ1) is 15.7. The lowest BCUT2D eigenvalue weighted by Crippen LogP contribution is -2.22. The summed E-state index contributed by atoms with van der Waals surface area (Å²) >= 11 is 0. The minimum Gasteiger partial charge on any atom is -0.473 e. The molecule has 1 aromatic heterocycles. The van der Waals surface area contributed by atoms with E-state index >= 15 is 0 Å². The molecule has 0 aliphatic carbocycles. The topological polar surface area (TPSA) is 50.5 Å². The van der Waals surface area contributed by atoms with Crippen molar-refractivity contribution in [2.75, 3.05) is 20.2 Å². The number of ether oxygens (including phenoxy) is 1. The van der Waals surface area contributed by atoms with Crippen LogP contribution in [0.3, 0.4) is 0 Å². The van der Waals surface area contributed by atoms with E-state index in [2.05, 4.69) is 16.6 Å². The summed E-state index contributed by atoms with van der Waals surface area (Å²) in [5.74, 6) is 0.793. The first-order chi connectivity index (χ1) is 8.95. The van der Waals surface area contributed by atoms with E-state index in [0.717, 1.165) is 36.6 Å². The zero-order valence-corrected chi connectivity index (χ0v) is 12.4. The zero-order valence-electron chi connectivity index (χ0n) is 12.4. The first-order valence-electron chi connectivity index (χ1n) is 6.58. The largest absolute Gasteiger partial charge is 0.473 e. The molecule has 0 aromatic carbocycles. The lowest BCUT2D eigenvalue weighted by atomic mass is 10.2. The number of rotatable bonds is 8. The van der Waals surface area contributed by atoms with Crippen molar-refractivity contribution in [3.05, 3.63) is 23.9 Å². The molecule has 0 aliphatic heterocycles. The normalized spacial score (nSPS) is 12.7. The van der Waals surface area contributed by atoms with E-state index in [-0.39, 0.29) is 6.10 Å². The second kappa shape index (κ2) is 7.31. The summed E-state index contributed by atoms with van der Waals surface area (Å²) in [6.45, 7) is 9.53. The van der Waals surface area contributed by atoms with Gasteiger partial charge in [-0.15, -0.1) is 0 Å². The smallest absolute Gasteiger partial charge is 0.216 e. The highest BCUT2D eigenvalue weighted by Crippen LogP contribution is 2.22. The molecular weight excluding hydrogens is 242 g/mol. The van der Waals surface area contributed by atoms with Gasteiger partial charge in [-0.25, -0.2) is 4.68 Å². The Labute approximate surface area is 115 Å². The molecule has 1 aromatic rings. The van der Waals surface area contributed by atoms with Crippen molar-refractivity contribution in [2.45, 2.75) is 32.9 Å². The number of aliphatic hydroxyl groups is 1. The number of aromatic nitrogens is 2. The van der Waals surface area contributed by atoms with Crippen LogP contribution in [0.5, 0.6) is 5.88 Å². The summed E-state index contributed by atoms with van der Waals surface area (Å²) < 4.78 is 7.43. The van der Waals surface area contributed by atoms with Gasteiger partial charge in [-0.2, -0.15) is 5.10 Å². The molecule has 1 rings (SSSR count). The van der Waals surface area contributed by atoms with Gasteiger partial charge in [0.25, 0.3) is 0 Å². The molecule has 0 radical (unpaired) electrons. The van der Waals surface area contributed by atoms with Gasteiger partial charge < -0.3 is 14.7 Å². The number of hydrogen-bond acceptors (Lipinski definition) is 4. The highest BCUT2D eigenvalue weighted by Gasteiger charge is 2.16. The van der Waals surface area contributed by atoms with Crippen molar-refractivity contribution in [1.29, 1.82) is 0 Å². The van der Waals surface area contributed by atoms with Crippen LogP contribution in [0, 0.1) is 6.92 Å². The molecule has 0 bridgehead atoms. The summed E-state index contributed by atoms with van der Waals surface area (Å²) in [5, 5.41) is 13.7. The van der Waals surface area contributed by atoms with Crippen LogP contribution in [0.4, 0.5) is 0 Å². The molecule has 1 heterocycles. The Morgan fingerprint density at radius 3 is 2.84 bits per heavy atom. The molecule has 1 N–H and O–H groups in total. The summed E-state index contributed by atoms with van der Waals surface area (Å²) in [6, 6.07) is 0. The monoisotopic (exact) mass is 267 g/mol.